The molecule has 1 saturated heterocycles. The fourth-order valence-corrected chi connectivity index (χ4v) is 2.11. The summed E-state index contributed by atoms with van der Waals surface area (Å²) in [5.41, 5.74) is 1.04. The largest absolute Gasteiger partial charge is 0.351 e. The summed E-state index contributed by atoms with van der Waals surface area (Å²) in [4.78, 5) is 13.4. The van der Waals surface area contributed by atoms with E-state index in [1.165, 1.54) is 0 Å². The summed E-state index contributed by atoms with van der Waals surface area (Å²) in [5.74, 6) is 0.0475. The standard InChI is InChI=1S/C12H11NO2/c14-11-7-6-10-8-15-12(13(10)11)9-4-2-1-3-5-9/h1-7,10,12H,8H2/t10?,12-/m1/s1. The van der Waals surface area contributed by atoms with Crippen molar-refractivity contribution < 1.29 is 9.53 Å². The summed E-state index contributed by atoms with van der Waals surface area (Å²) < 4.78 is 5.63. The van der Waals surface area contributed by atoms with Crippen LogP contribution in [0.2, 0.25) is 0 Å². The van der Waals surface area contributed by atoms with E-state index in [0.717, 1.165) is 5.56 Å². The smallest absolute Gasteiger partial charge is 0.249 e. The maximum Gasteiger partial charge on any atom is 0.249 e. The van der Waals surface area contributed by atoms with E-state index in [9.17, 15) is 4.79 Å². The number of rotatable bonds is 1. The molecule has 0 spiro atoms. The molecule has 0 aromatic heterocycles. The van der Waals surface area contributed by atoms with Crippen LogP contribution in [0.15, 0.2) is 42.5 Å². The molecule has 1 aromatic rings. The molecule has 0 N–H and O–H groups in total. The van der Waals surface area contributed by atoms with Crippen molar-refractivity contribution in [2.75, 3.05) is 6.61 Å². The Morgan fingerprint density at radius 1 is 1.27 bits per heavy atom. The maximum absolute atomic E-state index is 11.6. The third-order valence-corrected chi connectivity index (χ3v) is 2.83. The van der Waals surface area contributed by atoms with Crippen molar-refractivity contribution >= 4 is 5.91 Å². The second kappa shape index (κ2) is 3.21. The summed E-state index contributed by atoms with van der Waals surface area (Å²) in [6, 6.07) is 9.97. The minimum atomic E-state index is -0.210. The normalized spacial score (nSPS) is 28.5. The first-order valence-corrected chi connectivity index (χ1v) is 5.03. The maximum atomic E-state index is 11.6. The number of amides is 1. The first-order valence-electron chi connectivity index (χ1n) is 5.03. The Morgan fingerprint density at radius 2 is 2.07 bits per heavy atom. The summed E-state index contributed by atoms with van der Waals surface area (Å²) >= 11 is 0. The fourth-order valence-electron chi connectivity index (χ4n) is 2.11. The summed E-state index contributed by atoms with van der Waals surface area (Å²) in [5, 5.41) is 0. The molecule has 2 atom stereocenters. The van der Waals surface area contributed by atoms with Crippen molar-refractivity contribution in [3.8, 4) is 0 Å². The van der Waals surface area contributed by atoms with E-state index in [-0.39, 0.29) is 18.2 Å². The van der Waals surface area contributed by atoms with Gasteiger partial charge in [-0.2, -0.15) is 0 Å². The predicted molar refractivity (Wildman–Crippen MR) is 54.9 cm³/mol. The van der Waals surface area contributed by atoms with Crippen LogP contribution in [-0.4, -0.2) is 23.5 Å². The average Bonchev–Trinajstić information content (AvgIpc) is 2.84. The lowest BCUT2D eigenvalue weighted by atomic mass is 10.2. The molecule has 1 aromatic carbocycles. The Bertz CT molecular complexity index is 413. The summed E-state index contributed by atoms with van der Waals surface area (Å²) in [7, 11) is 0. The van der Waals surface area contributed by atoms with Crippen LogP contribution in [-0.2, 0) is 9.53 Å². The molecular weight excluding hydrogens is 190 g/mol. The second-order valence-corrected chi connectivity index (χ2v) is 3.77. The molecule has 2 aliphatic rings. The minimum absolute atomic E-state index is 0.0475. The molecule has 0 saturated carbocycles. The number of hydrogen-bond donors (Lipinski definition) is 0. The van der Waals surface area contributed by atoms with Crippen LogP contribution in [0.3, 0.4) is 0 Å². The van der Waals surface area contributed by atoms with Crippen LogP contribution in [0.1, 0.15) is 11.8 Å². The molecule has 3 heteroatoms. The lowest BCUT2D eigenvalue weighted by molar-refractivity contribution is -0.130. The molecule has 3 rings (SSSR count). The number of ether oxygens (including phenoxy) is 1. The zero-order valence-electron chi connectivity index (χ0n) is 8.17. The number of nitrogens with zero attached hydrogens (tertiary/aromatic N) is 1. The third-order valence-electron chi connectivity index (χ3n) is 2.83. The number of carbonyl (C=O) groups is 1. The second-order valence-electron chi connectivity index (χ2n) is 3.77. The highest BCUT2D eigenvalue weighted by Gasteiger charge is 2.39. The molecular formula is C12H11NO2. The van der Waals surface area contributed by atoms with Crippen LogP contribution < -0.4 is 0 Å². The van der Waals surface area contributed by atoms with E-state index >= 15 is 0 Å². The van der Waals surface area contributed by atoms with Gasteiger partial charge in [0, 0.05) is 11.6 Å². The molecule has 3 nitrogen and oxygen atoms in total. The van der Waals surface area contributed by atoms with Gasteiger partial charge in [0.2, 0.25) is 5.91 Å². The Labute approximate surface area is 88.0 Å². The van der Waals surface area contributed by atoms with Gasteiger partial charge in [-0.05, 0) is 0 Å². The van der Waals surface area contributed by atoms with Gasteiger partial charge in [0.15, 0.2) is 6.23 Å². The van der Waals surface area contributed by atoms with Crippen LogP contribution >= 0.6 is 0 Å². The molecule has 2 heterocycles. The molecule has 0 radical (unpaired) electrons. The number of benzene rings is 1. The fraction of sp³-hybridized carbons (Fsp3) is 0.250. The lowest BCUT2D eigenvalue weighted by Crippen LogP contribution is -2.31. The molecule has 1 unspecified atom stereocenters. The zero-order valence-corrected chi connectivity index (χ0v) is 8.17. The average molecular weight is 201 g/mol. The van der Waals surface area contributed by atoms with Crippen LogP contribution in [0.5, 0.6) is 0 Å². The third kappa shape index (κ3) is 1.27. The predicted octanol–water partition coefficient (Wildman–Crippen LogP) is 1.48. The highest BCUT2D eigenvalue weighted by Crippen LogP contribution is 2.33. The highest BCUT2D eigenvalue weighted by atomic mass is 16.5. The molecule has 76 valence electrons. The molecule has 15 heavy (non-hydrogen) atoms. The van der Waals surface area contributed by atoms with E-state index in [1.54, 1.807) is 11.0 Å². The number of fused-ring (bicyclic) bond motifs is 1. The van der Waals surface area contributed by atoms with Gasteiger partial charge in [-0.3, -0.25) is 4.79 Å². The quantitative estimate of drug-likeness (QED) is 0.688. The molecule has 1 fully saturated rings. The van der Waals surface area contributed by atoms with Gasteiger partial charge in [-0.1, -0.05) is 36.4 Å². The van der Waals surface area contributed by atoms with Gasteiger partial charge in [0.05, 0.1) is 12.6 Å². The van der Waals surface area contributed by atoms with Gasteiger partial charge >= 0.3 is 0 Å². The van der Waals surface area contributed by atoms with E-state index in [1.807, 2.05) is 36.4 Å². The van der Waals surface area contributed by atoms with Crippen molar-refractivity contribution in [1.29, 1.82) is 0 Å². The van der Waals surface area contributed by atoms with Crippen molar-refractivity contribution in [1.82, 2.24) is 4.90 Å². The van der Waals surface area contributed by atoms with Crippen LogP contribution in [0.4, 0.5) is 0 Å². The van der Waals surface area contributed by atoms with E-state index in [4.69, 9.17) is 4.74 Å². The van der Waals surface area contributed by atoms with Crippen LogP contribution in [0.25, 0.3) is 0 Å². The van der Waals surface area contributed by atoms with Gasteiger partial charge in [0.1, 0.15) is 0 Å². The Hall–Kier alpha value is -1.61. The lowest BCUT2D eigenvalue weighted by Gasteiger charge is -2.22. The van der Waals surface area contributed by atoms with Crippen molar-refractivity contribution in [2.45, 2.75) is 12.3 Å². The Kier molecular flexibility index (Phi) is 1.86. The number of carbonyl (C=O) groups excluding carboxylic acids is 1. The molecule has 0 bridgehead atoms. The van der Waals surface area contributed by atoms with Crippen molar-refractivity contribution in [3.63, 3.8) is 0 Å². The first kappa shape index (κ1) is 8.68. The monoisotopic (exact) mass is 201 g/mol. The first-order chi connectivity index (χ1) is 7.36. The van der Waals surface area contributed by atoms with Gasteiger partial charge in [-0.15, -0.1) is 0 Å². The highest BCUT2D eigenvalue weighted by molar-refractivity contribution is 5.91. The van der Waals surface area contributed by atoms with E-state index in [0.29, 0.717) is 6.61 Å². The van der Waals surface area contributed by atoms with Gasteiger partial charge in [0.25, 0.3) is 0 Å². The van der Waals surface area contributed by atoms with Crippen molar-refractivity contribution in [2.24, 2.45) is 0 Å². The molecule has 2 aliphatic heterocycles. The zero-order chi connectivity index (χ0) is 10.3. The van der Waals surface area contributed by atoms with E-state index in [2.05, 4.69) is 0 Å². The van der Waals surface area contributed by atoms with Gasteiger partial charge in [-0.25, -0.2) is 0 Å². The van der Waals surface area contributed by atoms with E-state index < -0.39 is 0 Å². The van der Waals surface area contributed by atoms with Crippen molar-refractivity contribution in [3.05, 3.63) is 48.0 Å². The number of hydrogen-bond acceptors (Lipinski definition) is 2. The summed E-state index contributed by atoms with van der Waals surface area (Å²) in [6.45, 7) is 0.599. The van der Waals surface area contributed by atoms with Crippen LogP contribution in [0, 0.1) is 0 Å². The Morgan fingerprint density at radius 3 is 2.87 bits per heavy atom. The molecule has 1 amide bonds. The SMILES string of the molecule is O=C1C=CC2CO[C@H](c3ccccc3)N12. The Balaban J connectivity index is 1.93. The summed E-state index contributed by atoms with van der Waals surface area (Å²) in [6.07, 6.45) is 3.33. The van der Waals surface area contributed by atoms with Gasteiger partial charge < -0.3 is 9.64 Å². The molecule has 0 aliphatic carbocycles. The minimum Gasteiger partial charge on any atom is -0.351 e. The topological polar surface area (TPSA) is 29.5 Å².